The zero-order valence-corrected chi connectivity index (χ0v) is 9.75. The first kappa shape index (κ1) is 11.2. The van der Waals surface area contributed by atoms with Crippen molar-refractivity contribution in [2.24, 2.45) is 5.92 Å². The van der Waals surface area contributed by atoms with Gasteiger partial charge in [-0.3, -0.25) is 0 Å². The maximum Gasteiger partial charge on any atom is 0.125 e. The summed E-state index contributed by atoms with van der Waals surface area (Å²) in [5.41, 5.74) is 7.44. The van der Waals surface area contributed by atoms with Gasteiger partial charge in [-0.2, -0.15) is 0 Å². The largest absolute Gasteiger partial charge is 0.397 e. The van der Waals surface area contributed by atoms with Crippen LogP contribution in [0.3, 0.4) is 0 Å². The SMILES string of the molecule is CCC1CCCN(c2cc(F)ccc2N)C1. The summed E-state index contributed by atoms with van der Waals surface area (Å²) in [5.74, 6) is 0.513. The minimum Gasteiger partial charge on any atom is -0.397 e. The van der Waals surface area contributed by atoms with Gasteiger partial charge >= 0.3 is 0 Å². The molecule has 0 saturated carbocycles. The van der Waals surface area contributed by atoms with Gasteiger partial charge in [-0.15, -0.1) is 0 Å². The average molecular weight is 222 g/mol. The number of nitrogens with two attached hydrogens (primary N) is 1. The molecule has 88 valence electrons. The highest BCUT2D eigenvalue weighted by atomic mass is 19.1. The van der Waals surface area contributed by atoms with Crippen molar-refractivity contribution in [3.63, 3.8) is 0 Å². The first-order chi connectivity index (χ1) is 7.70. The fraction of sp³-hybridized carbons (Fsp3) is 0.538. The Morgan fingerprint density at radius 2 is 2.31 bits per heavy atom. The number of nitrogens with zero attached hydrogens (tertiary/aromatic N) is 1. The van der Waals surface area contributed by atoms with Gasteiger partial charge in [-0.25, -0.2) is 4.39 Å². The smallest absolute Gasteiger partial charge is 0.125 e. The average Bonchev–Trinajstić information content (AvgIpc) is 2.32. The van der Waals surface area contributed by atoms with Gasteiger partial charge in [-0.1, -0.05) is 13.3 Å². The number of nitrogen functional groups attached to an aromatic ring is 1. The van der Waals surface area contributed by atoms with E-state index in [2.05, 4.69) is 11.8 Å². The molecule has 0 spiro atoms. The molecule has 1 fully saturated rings. The van der Waals surface area contributed by atoms with Crippen LogP contribution in [0.15, 0.2) is 18.2 Å². The van der Waals surface area contributed by atoms with E-state index >= 15 is 0 Å². The molecule has 1 atom stereocenters. The van der Waals surface area contributed by atoms with Gasteiger partial charge in [0.2, 0.25) is 0 Å². The molecule has 1 aliphatic heterocycles. The van der Waals surface area contributed by atoms with Crippen LogP contribution in [-0.4, -0.2) is 13.1 Å². The second-order valence-corrected chi connectivity index (χ2v) is 4.57. The van der Waals surface area contributed by atoms with E-state index in [-0.39, 0.29) is 5.82 Å². The lowest BCUT2D eigenvalue weighted by Crippen LogP contribution is -2.35. The molecule has 2 nitrogen and oxygen atoms in total. The van der Waals surface area contributed by atoms with Gasteiger partial charge in [0.05, 0.1) is 11.4 Å². The maximum atomic E-state index is 13.2. The Morgan fingerprint density at radius 1 is 1.50 bits per heavy atom. The molecule has 1 heterocycles. The zero-order valence-electron chi connectivity index (χ0n) is 9.75. The third kappa shape index (κ3) is 2.29. The summed E-state index contributed by atoms with van der Waals surface area (Å²) in [6, 6.07) is 4.62. The molecular weight excluding hydrogens is 203 g/mol. The van der Waals surface area contributed by atoms with Crippen LogP contribution in [0.2, 0.25) is 0 Å². The molecule has 1 unspecified atom stereocenters. The minimum atomic E-state index is -0.206. The zero-order chi connectivity index (χ0) is 11.5. The van der Waals surface area contributed by atoms with Crippen molar-refractivity contribution in [2.75, 3.05) is 23.7 Å². The standard InChI is InChI=1S/C13H19FN2/c1-2-10-4-3-7-16(9-10)13-8-11(14)5-6-12(13)15/h5-6,8,10H,2-4,7,9,15H2,1H3. The lowest BCUT2D eigenvalue weighted by molar-refractivity contribution is 0.404. The van der Waals surface area contributed by atoms with E-state index < -0.39 is 0 Å². The van der Waals surface area contributed by atoms with Crippen molar-refractivity contribution in [3.05, 3.63) is 24.0 Å². The molecule has 1 aromatic rings. The van der Waals surface area contributed by atoms with Crippen LogP contribution in [0.4, 0.5) is 15.8 Å². The lowest BCUT2D eigenvalue weighted by Gasteiger charge is -2.34. The van der Waals surface area contributed by atoms with Gasteiger partial charge in [0.1, 0.15) is 5.82 Å². The Balaban J connectivity index is 2.19. The molecule has 0 aromatic heterocycles. The number of hydrogen-bond acceptors (Lipinski definition) is 2. The molecule has 3 heteroatoms. The van der Waals surface area contributed by atoms with Crippen molar-refractivity contribution >= 4 is 11.4 Å². The van der Waals surface area contributed by atoms with E-state index in [4.69, 9.17) is 5.73 Å². The predicted octanol–water partition coefficient (Wildman–Crippen LogP) is 3.03. The first-order valence-electron chi connectivity index (χ1n) is 6.00. The molecule has 0 bridgehead atoms. The highest BCUT2D eigenvalue weighted by Crippen LogP contribution is 2.29. The molecule has 0 aliphatic carbocycles. The summed E-state index contributed by atoms with van der Waals surface area (Å²) in [6.45, 7) is 4.21. The summed E-state index contributed by atoms with van der Waals surface area (Å²) < 4.78 is 13.2. The monoisotopic (exact) mass is 222 g/mol. The van der Waals surface area contributed by atoms with Gasteiger partial charge in [0, 0.05) is 13.1 Å². The summed E-state index contributed by atoms with van der Waals surface area (Å²) in [4.78, 5) is 2.22. The molecular formula is C13H19FN2. The van der Waals surface area contributed by atoms with E-state index in [9.17, 15) is 4.39 Å². The molecule has 2 N–H and O–H groups in total. The number of benzene rings is 1. The fourth-order valence-electron chi connectivity index (χ4n) is 2.41. The molecule has 16 heavy (non-hydrogen) atoms. The van der Waals surface area contributed by atoms with Gasteiger partial charge < -0.3 is 10.6 Å². The van der Waals surface area contributed by atoms with Crippen LogP contribution < -0.4 is 10.6 Å². The highest BCUT2D eigenvalue weighted by molar-refractivity contribution is 5.67. The number of hydrogen-bond donors (Lipinski definition) is 1. The third-order valence-corrected chi connectivity index (χ3v) is 3.43. The van der Waals surface area contributed by atoms with Crippen LogP contribution in [0, 0.1) is 11.7 Å². The van der Waals surface area contributed by atoms with E-state index in [1.807, 2.05) is 0 Å². The Hall–Kier alpha value is -1.25. The summed E-state index contributed by atoms with van der Waals surface area (Å²) in [6.07, 6.45) is 3.64. The Kier molecular flexibility index (Phi) is 3.32. The molecule has 1 aliphatic rings. The van der Waals surface area contributed by atoms with E-state index in [0.717, 1.165) is 24.7 Å². The number of halogens is 1. The highest BCUT2D eigenvalue weighted by Gasteiger charge is 2.20. The first-order valence-corrected chi connectivity index (χ1v) is 6.00. The molecule has 0 amide bonds. The topological polar surface area (TPSA) is 29.3 Å². The van der Waals surface area contributed by atoms with Crippen LogP contribution in [0.5, 0.6) is 0 Å². The molecule has 1 saturated heterocycles. The van der Waals surface area contributed by atoms with Crippen LogP contribution in [0.25, 0.3) is 0 Å². The number of rotatable bonds is 2. The Labute approximate surface area is 96.2 Å². The van der Waals surface area contributed by atoms with Crippen molar-refractivity contribution in [1.82, 2.24) is 0 Å². The van der Waals surface area contributed by atoms with Gasteiger partial charge in [0.15, 0.2) is 0 Å². The Morgan fingerprint density at radius 3 is 3.06 bits per heavy atom. The van der Waals surface area contributed by atoms with Crippen molar-refractivity contribution in [2.45, 2.75) is 26.2 Å². The summed E-state index contributed by atoms with van der Waals surface area (Å²) in [5, 5.41) is 0. The van der Waals surface area contributed by atoms with Crippen LogP contribution in [0.1, 0.15) is 26.2 Å². The number of piperidine rings is 1. The molecule has 2 rings (SSSR count). The fourth-order valence-corrected chi connectivity index (χ4v) is 2.41. The predicted molar refractivity (Wildman–Crippen MR) is 66.0 cm³/mol. The molecule has 1 aromatic carbocycles. The van der Waals surface area contributed by atoms with Crippen molar-refractivity contribution in [1.29, 1.82) is 0 Å². The van der Waals surface area contributed by atoms with E-state index in [1.165, 1.54) is 25.3 Å². The lowest BCUT2D eigenvalue weighted by atomic mass is 9.95. The Bertz CT molecular complexity index is 365. The van der Waals surface area contributed by atoms with Crippen molar-refractivity contribution < 1.29 is 4.39 Å². The van der Waals surface area contributed by atoms with Crippen molar-refractivity contribution in [3.8, 4) is 0 Å². The maximum absolute atomic E-state index is 13.2. The minimum absolute atomic E-state index is 0.206. The molecule has 0 radical (unpaired) electrons. The van der Waals surface area contributed by atoms with Gasteiger partial charge in [0.25, 0.3) is 0 Å². The summed E-state index contributed by atoms with van der Waals surface area (Å²) in [7, 11) is 0. The number of anilines is 2. The quantitative estimate of drug-likeness (QED) is 0.779. The second-order valence-electron chi connectivity index (χ2n) is 4.57. The van der Waals surface area contributed by atoms with E-state index in [1.54, 1.807) is 12.1 Å². The summed E-state index contributed by atoms with van der Waals surface area (Å²) >= 11 is 0. The van der Waals surface area contributed by atoms with Crippen LogP contribution >= 0.6 is 0 Å². The van der Waals surface area contributed by atoms with Gasteiger partial charge in [-0.05, 0) is 37.0 Å². The third-order valence-electron chi connectivity index (χ3n) is 3.43. The second kappa shape index (κ2) is 4.73. The van der Waals surface area contributed by atoms with E-state index in [0.29, 0.717) is 5.69 Å². The van der Waals surface area contributed by atoms with Crippen LogP contribution in [-0.2, 0) is 0 Å². The normalized spacial score (nSPS) is 21.1.